The molecule has 1 unspecified atom stereocenters. The number of aliphatic hydroxyl groups is 1. The SMILES string of the molecule is O=C(NC(c1nc(-c2ccco2)c(N2CCOCC2)s1)N1CCC(O)CC1)c1cccnc1. The highest BCUT2D eigenvalue weighted by Crippen LogP contribution is 2.40. The molecule has 33 heavy (non-hydrogen) atoms. The quantitative estimate of drug-likeness (QED) is 0.568. The first-order chi connectivity index (χ1) is 16.2. The Bertz CT molecular complexity index is 1040. The number of likely N-dealkylation sites (tertiary alicyclic amines) is 1. The summed E-state index contributed by atoms with van der Waals surface area (Å²) in [5, 5.41) is 15.0. The lowest BCUT2D eigenvalue weighted by Gasteiger charge is -2.35. The first-order valence-electron chi connectivity index (χ1n) is 11.2. The number of carbonyl (C=O) groups excluding carboxylic acids is 1. The van der Waals surface area contributed by atoms with Gasteiger partial charge in [0.2, 0.25) is 0 Å². The molecule has 5 rings (SSSR count). The van der Waals surface area contributed by atoms with E-state index >= 15 is 0 Å². The van der Waals surface area contributed by atoms with Crippen LogP contribution in [0.3, 0.4) is 0 Å². The average molecular weight is 470 g/mol. The molecule has 0 saturated carbocycles. The molecule has 5 heterocycles. The second kappa shape index (κ2) is 10.0. The van der Waals surface area contributed by atoms with E-state index in [1.165, 1.54) is 0 Å². The summed E-state index contributed by atoms with van der Waals surface area (Å²) in [6.07, 6.45) is 5.43. The second-order valence-electron chi connectivity index (χ2n) is 8.17. The van der Waals surface area contributed by atoms with E-state index in [0.717, 1.165) is 28.8 Å². The third kappa shape index (κ3) is 4.93. The normalized spacial score (nSPS) is 18.9. The fourth-order valence-electron chi connectivity index (χ4n) is 4.16. The van der Waals surface area contributed by atoms with Gasteiger partial charge in [0.25, 0.3) is 5.91 Å². The Hall–Kier alpha value is -2.79. The number of hydrogen-bond donors (Lipinski definition) is 2. The highest BCUT2D eigenvalue weighted by atomic mass is 32.1. The maximum Gasteiger partial charge on any atom is 0.254 e. The first-order valence-corrected chi connectivity index (χ1v) is 12.0. The van der Waals surface area contributed by atoms with Crippen molar-refractivity contribution in [2.75, 3.05) is 44.3 Å². The average Bonchev–Trinajstić information content (AvgIpc) is 3.54. The molecule has 1 atom stereocenters. The van der Waals surface area contributed by atoms with Gasteiger partial charge in [0.1, 0.15) is 21.9 Å². The molecule has 0 spiro atoms. The molecule has 2 aliphatic rings. The van der Waals surface area contributed by atoms with Crippen molar-refractivity contribution in [3.8, 4) is 11.5 Å². The van der Waals surface area contributed by atoms with Crippen molar-refractivity contribution in [3.63, 3.8) is 0 Å². The number of pyridine rings is 1. The highest BCUT2D eigenvalue weighted by Gasteiger charge is 2.32. The minimum absolute atomic E-state index is 0.207. The van der Waals surface area contributed by atoms with Crippen LogP contribution < -0.4 is 10.2 Å². The third-order valence-corrected chi connectivity index (χ3v) is 7.14. The topological polar surface area (TPSA) is 104 Å². The molecule has 3 aromatic rings. The minimum Gasteiger partial charge on any atom is -0.463 e. The van der Waals surface area contributed by atoms with E-state index in [2.05, 4.69) is 20.1 Å². The number of nitrogens with zero attached hydrogens (tertiary/aromatic N) is 4. The van der Waals surface area contributed by atoms with Gasteiger partial charge in [-0.1, -0.05) is 11.3 Å². The molecule has 174 valence electrons. The predicted octanol–water partition coefficient (Wildman–Crippen LogP) is 2.52. The van der Waals surface area contributed by atoms with Crippen LogP contribution in [0, 0.1) is 0 Å². The Kier molecular flexibility index (Phi) is 6.68. The molecule has 2 fully saturated rings. The summed E-state index contributed by atoms with van der Waals surface area (Å²) in [5.74, 6) is 0.493. The van der Waals surface area contributed by atoms with Gasteiger partial charge >= 0.3 is 0 Å². The summed E-state index contributed by atoms with van der Waals surface area (Å²) in [6, 6.07) is 7.25. The molecule has 1 amide bonds. The fourth-order valence-corrected chi connectivity index (χ4v) is 5.37. The Morgan fingerprint density at radius 1 is 1.18 bits per heavy atom. The zero-order valence-electron chi connectivity index (χ0n) is 18.2. The molecule has 10 heteroatoms. The zero-order chi connectivity index (χ0) is 22.6. The third-order valence-electron chi connectivity index (χ3n) is 5.97. The van der Waals surface area contributed by atoms with Crippen LogP contribution in [0.25, 0.3) is 11.5 Å². The number of morpholine rings is 1. The van der Waals surface area contributed by atoms with E-state index in [9.17, 15) is 9.90 Å². The summed E-state index contributed by atoms with van der Waals surface area (Å²) in [5.41, 5.74) is 1.27. The van der Waals surface area contributed by atoms with Crippen molar-refractivity contribution in [2.24, 2.45) is 0 Å². The monoisotopic (exact) mass is 469 g/mol. The van der Waals surface area contributed by atoms with Gasteiger partial charge < -0.3 is 24.5 Å². The molecule has 9 nitrogen and oxygen atoms in total. The molecule has 0 radical (unpaired) electrons. The van der Waals surface area contributed by atoms with Crippen molar-refractivity contribution in [1.29, 1.82) is 0 Å². The van der Waals surface area contributed by atoms with Gasteiger partial charge in [0.05, 0.1) is 31.1 Å². The van der Waals surface area contributed by atoms with Gasteiger partial charge in [-0.3, -0.25) is 14.7 Å². The van der Waals surface area contributed by atoms with Crippen LogP contribution in [-0.2, 0) is 4.74 Å². The number of carbonyl (C=O) groups is 1. The number of amides is 1. The van der Waals surface area contributed by atoms with Crippen LogP contribution in [-0.4, -0.2) is 71.4 Å². The number of rotatable bonds is 6. The zero-order valence-corrected chi connectivity index (χ0v) is 19.0. The van der Waals surface area contributed by atoms with Crippen molar-refractivity contribution >= 4 is 22.2 Å². The lowest BCUT2D eigenvalue weighted by molar-refractivity contribution is 0.0476. The summed E-state index contributed by atoms with van der Waals surface area (Å²) in [6.45, 7) is 4.21. The number of anilines is 1. The molecule has 0 aliphatic carbocycles. The van der Waals surface area contributed by atoms with Gasteiger partial charge in [0.15, 0.2) is 5.76 Å². The Morgan fingerprint density at radius 2 is 2.00 bits per heavy atom. The molecule has 0 aromatic carbocycles. The van der Waals surface area contributed by atoms with Crippen LogP contribution in [0.5, 0.6) is 0 Å². The number of piperidine rings is 1. The lowest BCUT2D eigenvalue weighted by atomic mass is 10.1. The molecule has 2 aliphatic heterocycles. The number of aliphatic hydroxyl groups excluding tert-OH is 1. The smallest absolute Gasteiger partial charge is 0.254 e. The van der Waals surface area contributed by atoms with Crippen molar-refractivity contribution in [1.82, 2.24) is 20.2 Å². The number of ether oxygens (including phenoxy) is 1. The standard InChI is InChI=1S/C23H27N5O4S/c29-17-5-8-27(9-6-17)20(26-21(30)16-3-1-7-24-15-16)22-25-19(18-4-2-12-32-18)23(33-22)28-10-13-31-14-11-28/h1-4,7,12,15,17,20,29H,5-6,8-11,13-14H2,(H,26,30). The molecular weight excluding hydrogens is 442 g/mol. The van der Waals surface area contributed by atoms with E-state index in [1.807, 2.05) is 12.1 Å². The Balaban J connectivity index is 1.50. The molecular formula is C23H27N5O4S. The second-order valence-corrected chi connectivity index (χ2v) is 9.18. The number of thiazole rings is 1. The van der Waals surface area contributed by atoms with E-state index in [0.29, 0.717) is 50.5 Å². The predicted molar refractivity (Wildman–Crippen MR) is 124 cm³/mol. The fraction of sp³-hybridized carbons (Fsp3) is 0.435. The number of hydrogen-bond acceptors (Lipinski definition) is 9. The van der Waals surface area contributed by atoms with Crippen molar-refractivity contribution in [2.45, 2.75) is 25.1 Å². The van der Waals surface area contributed by atoms with Crippen LogP contribution in [0.2, 0.25) is 0 Å². The maximum absolute atomic E-state index is 13.1. The summed E-state index contributed by atoms with van der Waals surface area (Å²) >= 11 is 1.57. The van der Waals surface area contributed by atoms with Gasteiger partial charge in [-0.15, -0.1) is 0 Å². The Morgan fingerprint density at radius 3 is 2.70 bits per heavy atom. The van der Waals surface area contributed by atoms with E-state index in [-0.39, 0.29) is 12.0 Å². The van der Waals surface area contributed by atoms with Gasteiger partial charge in [-0.05, 0) is 37.1 Å². The van der Waals surface area contributed by atoms with E-state index < -0.39 is 6.17 Å². The minimum atomic E-state index is -0.418. The van der Waals surface area contributed by atoms with Crippen molar-refractivity contribution in [3.05, 3.63) is 53.5 Å². The summed E-state index contributed by atoms with van der Waals surface area (Å²) in [4.78, 5) is 26.6. The molecule has 0 bridgehead atoms. The molecule has 2 saturated heterocycles. The van der Waals surface area contributed by atoms with Crippen molar-refractivity contribution < 1.29 is 19.1 Å². The van der Waals surface area contributed by atoms with Crippen LogP contribution in [0.15, 0.2) is 47.3 Å². The number of furan rings is 1. The molecule has 3 aromatic heterocycles. The van der Waals surface area contributed by atoms with Gasteiger partial charge in [-0.25, -0.2) is 4.98 Å². The number of nitrogens with one attached hydrogen (secondary N) is 1. The summed E-state index contributed by atoms with van der Waals surface area (Å²) < 4.78 is 11.2. The van der Waals surface area contributed by atoms with Gasteiger partial charge in [0, 0.05) is 38.6 Å². The molecule has 2 N–H and O–H groups in total. The van der Waals surface area contributed by atoms with Gasteiger partial charge in [-0.2, -0.15) is 0 Å². The number of aromatic nitrogens is 2. The van der Waals surface area contributed by atoms with E-state index in [4.69, 9.17) is 14.1 Å². The van der Waals surface area contributed by atoms with Crippen LogP contribution >= 0.6 is 11.3 Å². The first kappa shape index (κ1) is 22.0. The van der Waals surface area contributed by atoms with E-state index in [1.54, 1.807) is 42.1 Å². The summed E-state index contributed by atoms with van der Waals surface area (Å²) in [7, 11) is 0. The lowest BCUT2D eigenvalue weighted by Crippen LogP contribution is -2.46. The maximum atomic E-state index is 13.1. The Labute approximate surface area is 196 Å². The highest BCUT2D eigenvalue weighted by molar-refractivity contribution is 7.16. The largest absolute Gasteiger partial charge is 0.463 e. The van der Waals surface area contributed by atoms with Crippen LogP contribution in [0.4, 0.5) is 5.00 Å². The van der Waals surface area contributed by atoms with Crippen LogP contribution in [0.1, 0.15) is 34.4 Å².